The van der Waals surface area contributed by atoms with Crippen molar-refractivity contribution in [2.75, 3.05) is 0 Å². The molecule has 4 N–H and O–H groups in total. The van der Waals surface area contributed by atoms with Crippen molar-refractivity contribution in [2.24, 2.45) is 0 Å². The molecular formula is C3H6Na2O7. The molecule has 0 aliphatic carbocycles. The van der Waals surface area contributed by atoms with E-state index < -0.39 is 18.1 Å². The van der Waals surface area contributed by atoms with Gasteiger partial charge in [-0.2, -0.15) is 0 Å². The van der Waals surface area contributed by atoms with Gasteiger partial charge < -0.3 is 23.3 Å². The van der Waals surface area contributed by atoms with Gasteiger partial charge in [0.25, 0.3) is 0 Å². The number of carboxylic acid groups (broad SMARTS) is 4. The first-order valence-electron chi connectivity index (χ1n) is 1.76. The van der Waals surface area contributed by atoms with Crippen LogP contribution in [0.15, 0.2) is 0 Å². The van der Waals surface area contributed by atoms with Gasteiger partial charge in [0.05, 0.1) is 0 Å². The summed E-state index contributed by atoms with van der Waals surface area (Å²) in [6.07, 6.45) is -1.83. The molecule has 0 fully saturated rings. The van der Waals surface area contributed by atoms with Crippen molar-refractivity contribution >= 4 is 18.1 Å². The molecule has 0 aromatic carbocycles. The minimum atomic E-state index is -1.83. The van der Waals surface area contributed by atoms with Crippen LogP contribution >= 0.6 is 0 Å². The molecule has 0 unspecified atom stereocenters. The Hall–Kier alpha value is 0.210. The minimum Gasteiger partial charge on any atom is -1.00 e. The number of rotatable bonds is 0. The maximum Gasteiger partial charge on any atom is 1.00 e. The van der Waals surface area contributed by atoms with Gasteiger partial charge >= 0.3 is 77.2 Å². The second-order valence-corrected chi connectivity index (χ2v) is 0.893. The maximum atomic E-state index is 9.10. The average molecular weight is 200 g/mol. The van der Waals surface area contributed by atoms with Crippen LogP contribution in [0.1, 0.15) is 2.85 Å². The number of carbonyl (C=O) groups is 3. The van der Waals surface area contributed by atoms with Crippen LogP contribution in [0, 0.1) is 0 Å². The average Bonchev–Trinajstić information content (AvgIpc) is 1.63. The van der Waals surface area contributed by atoms with Crippen molar-refractivity contribution in [3.63, 3.8) is 0 Å². The van der Waals surface area contributed by atoms with Gasteiger partial charge in [0.2, 0.25) is 0 Å². The third-order valence-electron chi connectivity index (χ3n) is 0.183. The SMILES string of the molecule is O=C(O)C(=O)O.O=C(O)O.[H-].[H-].[Na+].[Na+]. The van der Waals surface area contributed by atoms with Crippen LogP contribution in [-0.2, 0) is 9.59 Å². The van der Waals surface area contributed by atoms with E-state index in [0.29, 0.717) is 0 Å². The fourth-order valence-electron chi connectivity index (χ4n) is 0. The summed E-state index contributed by atoms with van der Waals surface area (Å²) in [5, 5.41) is 28.7. The monoisotopic (exact) mass is 200 g/mol. The van der Waals surface area contributed by atoms with Crippen molar-refractivity contribution in [1.82, 2.24) is 0 Å². The first kappa shape index (κ1) is 22.8. The molecule has 0 rings (SSSR count). The van der Waals surface area contributed by atoms with Crippen LogP contribution in [0.5, 0.6) is 0 Å². The molecule has 0 saturated heterocycles. The summed E-state index contributed by atoms with van der Waals surface area (Å²) in [5.41, 5.74) is 0. The Labute approximate surface area is 114 Å². The van der Waals surface area contributed by atoms with E-state index in [9.17, 15) is 0 Å². The van der Waals surface area contributed by atoms with Crippen molar-refractivity contribution in [1.29, 1.82) is 0 Å². The molecule has 12 heavy (non-hydrogen) atoms. The number of carboxylic acids is 2. The van der Waals surface area contributed by atoms with E-state index in [0.717, 1.165) is 0 Å². The number of aliphatic carboxylic acids is 2. The molecule has 0 aliphatic heterocycles. The van der Waals surface area contributed by atoms with E-state index in [1.807, 2.05) is 0 Å². The smallest absolute Gasteiger partial charge is 1.00 e. The molecule has 0 radical (unpaired) electrons. The molecule has 0 spiro atoms. The first-order valence-corrected chi connectivity index (χ1v) is 1.76. The van der Waals surface area contributed by atoms with Gasteiger partial charge in [-0.1, -0.05) is 0 Å². The molecular weight excluding hydrogens is 194 g/mol. The molecule has 0 heterocycles. The topological polar surface area (TPSA) is 132 Å². The van der Waals surface area contributed by atoms with Gasteiger partial charge in [0.15, 0.2) is 0 Å². The van der Waals surface area contributed by atoms with Crippen molar-refractivity contribution in [3.8, 4) is 0 Å². The fourth-order valence-corrected chi connectivity index (χ4v) is 0. The zero-order chi connectivity index (χ0) is 8.73. The molecule has 7 nitrogen and oxygen atoms in total. The summed E-state index contributed by atoms with van der Waals surface area (Å²) >= 11 is 0. The Bertz CT molecular complexity index is 147. The van der Waals surface area contributed by atoms with Crippen LogP contribution in [0.25, 0.3) is 0 Å². The van der Waals surface area contributed by atoms with E-state index in [-0.39, 0.29) is 62.0 Å². The second-order valence-electron chi connectivity index (χ2n) is 0.893. The zero-order valence-electron chi connectivity index (χ0n) is 8.51. The summed E-state index contributed by atoms with van der Waals surface area (Å²) < 4.78 is 0. The summed E-state index contributed by atoms with van der Waals surface area (Å²) in [5.74, 6) is -3.65. The quantitative estimate of drug-likeness (QED) is 0.226. The summed E-state index contributed by atoms with van der Waals surface area (Å²) in [7, 11) is 0. The predicted octanol–water partition coefficient (Wildman–Crippen LogP) is -6.39. The fraction of sp³-hybridized carbons (Fsp3) is 0. The first-order chi connectivity index (χ1) is 4.37. The van der Waals surface area contributed by atoms with E-state index in [2.05, 4.69) is 0 Å². The van der Waals surface area contributed by atoms with Gasteiger partial charge in [-0.3, -0.25) is 0 Å². The molecule has 0 atom stereocenters. The van der Waals surface area contributed by atoms with Crippen molar-refractivity contribution < 1.29 is 96.8 Å². The van der Waals surface area contributed by atoms with Crippen LogP contribution in [0.3, 0.4) is 0 Å². The third kappa shape index (κ3) is 48.9. The molecule has 9 heteroatoms. The van der Waals surface area contributed by atoms with E-state index in [4.69, 9.17) is 34.8 Å². The summed E-state index contributed by atoms with van der Waals surface area (Å²) in [4.78, 5) is 26.8. The van der Waals surface area contributed by atoms with E-state index >= 15 is 0 Å². The Morgan fingerprint density at radius 2 is 0.833 bits per heavy atom. The standard InChI is InChI=1S/C2H2O4.CH2O3.2Na.2H/c3-1(4)2(5)6;2-1(3)4;;;;/h(H,3,4)(H,5,6);(H2,2,3,4);;;;/q;;2*+1;2*-1. The number of hydrogen-bond acceptors (Lipinski definition) is 3. The molecule has 0 aromatic rings. The van der Waals surface area contributed by atoms with Gasteiger partial charge in [0.1, 0.15) is 0 Å². The van der Waals surface area contributed by atoms with Crippen LogP contribution < -0.4 is 59.1 Å². The van der Waals surface area contributed by atoms with Gasteiger partial charge in [-0.15, -0.1) is 0 Å². The predicted molar refractivity (Wildman–Crippen MR) is 28.1 cm³/mol. The molecule has 0 amide bonds. The van der Waals surface area contributed by atoms with Gasteiger partial charge in [-0.05, 0) is 0 Å². The van der Waals surface area contributed by atoms with Crippen LogP contribution in [-0.4, -0.2) is 38.5 Å². The molecule has 0 bridgehead atoms. The zero-order valence-corrected chi connectivity index (χ0v) is 10.5. The van der Waals surface area contributed by atoms with Gasteiger partial charge in [-0.25, -0.2) is 14.4 Å². The molecule has 0 aliphatic rings. The Balaban J connectivity index is -0.0000000185. The minimum absolute atomic E-state index is 0. The van der Waals surface area contributed by atoms with Crippen molar-refractivity contribution in [2.45, 2.75) is 0 Å². The summed E-state index contributed by atoms with van der Waals surface area (Å²) in [6.45, 7) is 0. The Morgan fingerprint density at radius 3 is 0.833 bits per heavy atom. The van der Waals surface area contributed by atoms with Crippen LogP contribution in [0.4, 0.5) is 4.79 Å². The largest absolute Gasteiger partial charge is 1.00 e. The maximum absolute atomic E-state index is 9.10. The normalized spacial score (nSPS) is 5.67. The second kappa shape index (κ2) is 13.8. The molecule has 0 saturated carbocycles. The molecule has 0 aromatic heterocycles. The Kier molecular flexibility index (Phi) is 26.1. The van der Waals surface area contributed by atoms with Gasteiger partial charge in [0, 0.05) is 0 Å². The third-order valence-corrected chi connectivity index (χ3v) is 0.183. The van der Waals surface area contributed by atoms with E-state index in [1.165, 1.54) is 0 Å². The van der Waals surface area contributed by atoms with E-state index in [1.54, 1.807) is 0 Å². The van der Waals surface area contributed by atoms with Crippen LogP contribution in [0.2, 0.25) is 0 Å². The Morgan fingerprint density at radius 1 is 0.750 bits per heavy atom. The molecule has 62 valence electrons. The number of hydrogen-bond donors (Lipinski definition) is 4. The van der Waals surface area contributed by atoms with Crippen molar-refractivity contribution in [3.05, 3.63) is 0 Å². The summed E-state index contributed by atoms with van der Waals surface area (Å²) in [6, 6.07) is 0.